The largest absolute Gasteiger partial charge is 0.308 e. The van der Waals surface area contributed by atoms with Crippen molar-refractivity contribution >= 4 is 17.1 Å². The maximum atomic E-state index is 5.35. The van der Waals surface area contributed by atoms with Crippen molar-refractivity contribution in [3.8, 4) is 56.2 Å². The molecule has 0 unspecified atom stereocenters. The Bertz CT molecular complexity index is 2670. The topological polar surface area (TPSA) is 29.0 Å². The number of rotatable bonds is 6. The fraction of sp³-hybridized carbons (Fsp3) is 0.164. The minimum Gasteiger partial charge on any atom is -0.308 e. The lowest BCUT2D eigenvalue weighted by Crippen LogP contribution is -2.25. The Labute approximate surface area is 343 Å². The van der Waals surface area contributed by atoms with Crippen molar-refractivity contribution in [2.75, 3.05) is 4.90 Å². The lowest BCUT2D eigenvalue weighted by Gasteiger charge is -2.41. The third-order valence-corrected chi connectivity index (χ3v) is 13.0. The molecule has 0 aliphatic carbocycles. The van der Waals surface area contributed by atoms with Crippen molar-refractivity contribution in [1.29, 1.82) is 0 Å². The van der Waals surface area contributed by atoms with Gasteiger partial charge in [-0.3, -0.25) is 0 Å². The molecule has 0 atom stereocenters. The Kier molecular flexibility index (Phi) is 9.41. The molecule has 3 heteroatoms. The second-order valence-electron chi connectivity index (χ2n) is 16.0. The van der Waals surface area contributed by atoms with Gasteiger partial charge in [0.2, 0.25) is 0 Å². The first-order valence-electron chi connectivity index (χ1n) is 20.4. The average Bonchev–Trinajstić information content (AvgIpc) is 3.28. The second-order valence-corrected chi connectivity index (χ2v) is 16.0. The van der Waals surface area contributed by atoms with Gasteiger partial charge in [0.05, 0.1) is 28.5 Å². The van der Waals surface area contributed by atoms with E-state index >= 15 is 0 Å². The van der Waals surface area contributed by atoms with Crippen LogP contribution < -0.4 is 4.90 Å². The van der Waals surface area contributed by atoms with E-state index in [0.717, 1.165) is 56.8 Å². The van der Waals surface area contributed by atoms with Gasteiger partial charge in [-0.15, -0.1) is 0 Å². The van der Waals surface area contributed by atoms with E-state index < -0.39 is 0 Å². The first-order chi connectivity index (χ1) is 28.1. The Morgan fingerprint density at radius 2 is 0.707 bits per heavy atom. The SMILES string of the molecule is Cc1c(C)c(C)c2c(c1C)Cc1c(C)c(C)c(C)c(C)c1N2c1c(-c2ccccc2)cc(-c2cc(-c3ccccc3)nc(-c3ccccc3)n2)cc1-c1ccccc1. The minimum absolute atomic E-state index is 0.705. The van der Waals surface area contributed by atoms with Crippen LogP contribution in [0.5, 0.6) is 0 Å². The van der Waals surface area contributed by atoms with Gasteiger partial charge in [-0.1, -0.05) is 121 Å². The smallest absolute Gasteiger partial charge is 0.160 e. The zero-order chi connectivity index (χ0) is 40.2. The molecule has 0 N–H and O–H groups in total. The van der Waals surface area contributed by atoms with Gasteiger partial charge in [0.25, 0.3) is 0 Å². The molecule has 0 saturated heterocycles. The lowest BCUT2D eigenvalue weighted by molar-refractivity contribution is 0.997. The number of benzene rings is 7. The number of aromatic nitrogens is 2. The summed E-state index contributed by atoms with van der Waals surface area (Å²) in [6.45, 7) is 18.5. The van der Waals surface area contributed by atoms with E-state index in [1.54, 1.807) is 0 Å². The number of fused-ring (bicyclic) bond motifs is 2. The summed E-state index contributed by atoms with van der Waals surface area (Å²) in [5.41, 5.74) is 27.0. The Balaban J connectivity index is 1.44. The molecule has 9 rings (SSSR count). The van der Waals surface area contributed by atoms with E-state index in [0.29, 0.717) is 5.82 Å². The summed E-state index contributed by atoms with van der Waals surface area (Å²) in [5.74, 6) is 0.705. The predicted molar refractivity (Wildman–Crippen MR) is 245 cm³/mol. The first-order valence-corrected chi connectivity index (χ1v) is 20.4. The number of hydrogen-bond donors (Lipinski definition) is 0. The van der Waals surface area contributed by atoms with Crippen molar-refractivity contribution < 1.29 is 0 Å². The van der Waals surface area contributed by atoms with Gasteiger partial charge in [-0.05, 0) is 140 Å². The quantitative estimate of drug-likeness (QED) is 0.169. The van der Waals surface area contributed by atoms with Gasteiger partial charge < -0.3 is 4.90 Å². The molecular formula is C55H49N3. The van der Waals surface area contributed by atoms with Gasteiger partial charge >= 0.3 is 0 Å². The summed E-state index contributed by atoms with van der Waals surface area (Å²) >= 11 is 0. The molecule has 0 saturated carbocycles. The van der Waals surface area contributed by atoms with Crippen molar-refractivity contribution in [3.63, 3.8) is 0 Å². The molecule has 2 heterocycles. The Morgan fingerprint density at radius 1 is 0.345 bits per heavy atom. The molecule has 1 aliphatic rings. The van der Waals surface area contributed by atoms with Crippen LogP contribution in [0.3, 0.4) is 0 Å². The molecule has 0 amide bonds. The molecule has 0 spiro atoms. The van der Waals surface area contributed by atoms with E-state index in [1.807, 2.05) is 6.07 Å². The number of anilines is 3. The fourth-order valence-corrected chi connectivity index (χ4v) is 9.06. The van der Waals surface area contributed by atoms with E-state index in [1.165, 1.54) is 72.7 Å². The Morgan fingerprint density at radius 3 is 1.14 bits per heavy atom. The third kappa shape index (κ3) is 6.14. The molecule has 1 aromatic heterocycles. The molecular weight excluding hydrogens is 703 g/mol. The third-order valence-electron chi connectivity index (χ3n) is 13.0. The maximum absolute atomic E-state index is 5.35. The van der Waals surface area contributed by atoms with Crippen LogP contribution in [0.25, 0.3) is 56.2 Å². The highest BCUT2D eigenvalue weighted by Gasteiger charge is 2.35. The van der Waals surface area contributed by atoms with Crippen LogP contribution >= 0.6 is 0 Å². The van der Waals surface area contributed by atoms with Gasteiger partial charge in [-0.25, -0.2) is 9.97 Å². The van der Waals surface area contributed by atoms with Crippen LogP contribution in [-0.2, 0) is 6.42 Å². The normalized spacial score (nSPS) is 12.0. The van der Waals surface area contributed by atoms with Crippen LogP contribution in [-0.4, -0.2) is 9.97 Å². The second kappa shape index (κ2) is 14.7. The standard InChI is InChI=1S/C55H49N3/c1-33-35(3)39(7)52-46(37(33)5)31-47-38(6)34(2)36(4)40(8)53(47)58(52)54-48(41-21-13-9-14-22-41)29-45(30-49(54)42-23-15-10-16-24-42)51-32-50(43-25-17-11-18-26-43)56-55(57-51)44-27-19-12-20-28-44/h9-30,32H,31H2,1-8H3. The van der Waals surface area contributed by atoms with Crippen LogP contribution in [0.4, 0.5) is 17.1 Å². The van der Waals surface area contributed by atoms with E-state index in [9.17, 15) is 0 Å². The molecule has 0 radical (unpaired) electrons. The number of nitrogens with zero attached hydrogens (tertiary/aromatic N) is 3. The highest BCUT2D eigenvalue weighted by atomic mass is 15.2. The van der Waals surface area contributed by atoms with Crippen molar-refractivity contribution in [3.05, 3.63) is 195 Å². The summed E-state index contributed by atoms with van der Waals surface area (Å²) in [7, 11) is 0. The summed E-state index contributed by atoms with van der Waals surface area (Å²) in [6, 6.07) is 49.6. The molecule has 284 valence electrons. The molecule has 3 nitrogen and oxygen atoms in total. The molecule has 58 heavy (non-hydrogen) atoms. The first kappa shape index (κ1) is 37.0. The van der Waals surface area contributed by atoms with Crippen LogP contribution in [0, 0.1) is 55.4 Å². The summed E-state index contributed by atoms with van der Waals surface area (Å²) in [6.07, 6.45) is 0.910. The average molecular weight is 752 g/mol. The van der Waals surface area contributed by atoms with Crippen LogP contribution in [0.15, 0.2) is 140 Å². The lowest BCUT2D eigenvalue weighted by atomic mass is 9.79. The summed E-state index contributed by atoms with van der Waals surface area (Å²) in [5, 5.41) is 0. The molecule has 0 bridgehead atoms. The fourth-order valence-electron chi connectivity index (χ4n) is 9.06. The van der Waals surface area contributed by atoms with Gasteiger partial charge in [-0.2, -0.15) is 0 Å². The zero-order valence-corrected chi connectivity index (χ0v) is 34.8. The summed E-state index contributed by atoms with van der Waals surface area (Å²) < 4.78 is 0. The minimum atomic E-state index is 0.705. The zero-order valence-electron chi connectivity index (χ0n) is 34.8. The van der Waals surface area contributed by atoms with E-state index in [-0.39, 0.29) is 0 Å². The van der Waals surface area contributed by atoms with Crippen LogP contribution in [0.1, 0.15) is 55.6 Å². The van der Waals surface area contributed by atoms with Crippen LogP contribution in [0.2, 0.25) is 0 Å². The van der Waals surface area contributed by atoms with E-state index in [4.69, 9.17) is 9.97 Å². The highest BCUT2D eigenvalue weighted by molar-refractivity contribution is 6.03. The molecule has 8 aromatic rings. The maximum Gasteiger partial charge on any atom is 0.160 e. The van der Waals surface area contributed by atoms with Crippen molar-refractivity contribution in [1.82, 2.24) is 9.97 Å². The van der Waals surface area contributed by atoms with Gasteiger partial charge in [0, 0.05) is 34.2 Å². The van der Waals surface area contributed by atoms with Gasteiger partial charge in [0.1, 0.15) is 0 Å². The van der Waals surface area contributed by atoms with E-state index in [2.05, 4.69) is 194 Å². The van der Waals surface area contributed by atoms with Crippen molar-refractivity contribution in [2.24, 2.45) is 0 Å². The van der Waals surface area contributed by atoms with Gasteiger partial charge in [0.15, 0.2) is 5.82 Å². The molecule has 1 aliphatic heterocycles. The number of hydrogen-bond acceptors (Lipinski definition) is 3. The molecule has 0 fully saturated rings. The summed E-state index contributed by atoms with van der Waals surface area (Å²) in [4.78, 5) is 13.2. The Hall–Kier alpha value is -6.58. The van der Waals surface area contributed by atoms with Crippen molar-refractivity contribution in [2.45, 2.75) is 61.8 Å². The monoisotopic (exact) mass is 751 g/mol. The highest BCUT2D eigenvalue weighted by Crippen LogP contribution is 2.56. The predicted octanol–water partition coefficient (Wildman–Crippen LogP) is 14.7. The molecule has 7 aromatic carbocycles.